The zero-order valence-electron chi connectivity index (χ0n) is 9.63. The summed E-state index contributed by atoms with van der Waals surface area (Å²) in [7, 11) is 0. The van der Waals surface area contributed by atoms with Crippen LogP contribution in [0.3, 0.4) is 0 Å². The Labute approximate surface area is 104 Å². The van der Waals surface area contributed by atoms with E-state index in [0.717, 1.165) is 11.3 Å². The minimum absolute atomic E-state index is 0.361. The predicted molar refractivity (Wildman–Crippen MR) is 65.6 cm³/mol. The van der Waals surface area contributed by atoms with Gasteiger partial charge in [0.15, 0.2) is 0 Å². The van der Waals surface area contributed by atoms with Gasteiger partial charge < -0.3 is 10.2 Å². The van der Waals surface area contributed by atoms with E-state index in [0.29, 0.717) is 16.3 Å². The largest absolute Gasteiger partial charge is 0.466 e. The van der Waals surface area contributed by atoms with Crippen molar-refractivity contribution >= 4 is 11.6 Å². The van der Waals surface area contributed by atoms with Crippen LogP contribution in [-0.2, 0) is 0 Å². The SMILES string of the molecule is Cc1cc(C(N)c2cc(Cl)ccc2F)c(C)o1. The van der Waals surface area contributed by atoms with E-state index in [-0.39, 0.29) is 5.82 Å². The molecular formula is C13H13ClFNO. The van der Waals surface area contributed by atoms with E-state index < -0.39 is 6.04 Å². The summed E-state index contributed by atoms with van der Waals surface area (Å²) in [5, 5.41) is 0.467. The molecule has 0 saturated carbocycles. The number of aryl methyl sites for hydroxylation is 2. The van der Waals surface area contributed by atoms with Gasteiger partial charge in [0.25, 0.3) is 0 Å². The summed E-state index contributed by atoms with van der Waals surface area (Å²) in [5.74, 6) is 1.10. The van der Waals surface area contributed by atoms with E-state index in [1.54, 1.807) is 6.07 Å². The predicted octanol–water partition coefficient (Wildman–Crippen LogP) is 3.74. The first kappa shape index (κ1) is 12.1. The lowest BCUT2D eigenvalue weighted by molar-refractivity contribution is 0.499. The standard InChI is InChI=1S/C13H13ClFNO/c1-7-5-10(8(2)17-7)13(16)11-6-9(14)3-4-12(11)15/h3-6,13H,16H2,1-2H3. The third-order valence-corrected chi connectivity index (χ3v) is 2.94. The van der Waals surface area contributed by atoms with Gasteiger partial charge in [-0.2, -0.15) is 0 Å². The highest BCUT2D eigenvalue weighted by molar-refractivity contribution is 6.30. The fourth-order valence-electron chi connectivity index (χ4n) is 1.88. The quantitative estimate of drug-likeness (QED) is 0.886. The summed E-state index contributed by atoms with van der Waals surface area (Å²) < 4.78 is 19.1. The summed E-state index contributed by atoms with van der Waals surface area (Å²) in [5.41, 5.74) is 7.20. The number of nitrogens with two attached hydrogens (primary N) is 1. The molecule has 0 radical (unpaired) electrons. The number of halogens is 2. The second-order valence-electron chi connectivity index (χ2n) is 4.01. The van der Waals surface area contributed by atoms with Gasteiger partial charge in [0.05, 0.1) is 6.04 Å². The lowest BCUT2D eigenvalue weighted by Crippen LogP contribution is -2.13. The van der Waals surface area contributed by atoms with Crippen molar-refractivity contribution in [2.75, 3.05) is 0 Å². The van der Waals surface area contributed by atoms with E-state index in [4.69, 9.17) is 21.8 Å². The molecule has 0 spiro atoms. The van der Waals surface area contributed by atoms with Gasteiger partial charge in [-0.3, -0.25) is 0 Å². The van der Waals surface area contributed by atoms with E-state index in [2.05, 4.69) is 0 Å². The molecule has 4 heteroatoms. The number of hydrogen-bond donors (Lipinski definition) is 1. The third-order valence-electron chi connectivity index (χ3n) is 2.71. The van der Waals surface area contributed by atoms with Crippen molar-refractivity contribution in [3.05, 3.63) is 57.8 Å². The Morgan fingerprint density at radius 3 is 2.53 bits per heavy atom. The second-order valence-corrected chi connectivity index (χ2v) is 4.45. The first-order valence-corrected chi connectivity index (χ1v) is 5.64. The van der Waals surface area contributed by atoms with Crippen molar-refractivity contribution in [3.63, 3.8) is 0 Å². The topological polar surface area (TPSA) is 39.2 Å². The molecule has 1 aromatic carbocycles. The van der Waals surface area contributed by atoms with Gasteiger partial charge in [-0.1, -0.05) is 11.6 Å². The van der Waals surface area contributed by atoms with Crippen molar-refractivity contribution in [2.45, 2.75) is 19.9 Å². The molecule has 1 atom stereocenters. The Balaban J connectivity index is 2.46. The highest BCUT2D eigenvalue weighted by Gasteiger charge is 2.18. The Hall–Kier alpha value is -1.32. The smallest absolute Gasteiger partial charge is 0.128 e. The first-order chi connectivity index (χ1) is 7.99. The Morgan fingerprint density at radius 2 is 1.94 bits per heavy atom. The number of furan rings is 1. The minimum Gasteiger partial charge on any atom is -0.466 e. The molecule has 0 aliphatic carbocycles. The van der Waals surface area contributed by atoms with E-state index in [1.165, 1.54) is 12.1 Å². The molecule has 0 bridgehead atoms. The van der Waals surface area contributed by atoms with E-state index in [9.17, 15) is 4.39 Å². The summed E-state index contributed by atoms with van der Waals surface area (Å²) in [6.07, 6.45) is 0. The molecule has 0 amide bonds. The fourth-order valence-corrected chi connectivity index (χ4v) is 2.06. The van der Waals surface area contributed by atoms with Gasteiger partial charge in [-0.05, 0) is 38.1 Å². The van der Waals surface area contributed by atoms with Crippen LogP contribution < -0.4 is 5.73 Å². The van der Waals surface area contributed by atoms with E-state index in [1.807, 2.05) is 19.9 Å². The zero-order chi connectivity index (χ0) is 12.6. The van der Waals surface area contributed by atoms with Crippen molar-refractivity contribution in [3.8, 4) is 0 Å². The van der Waals surface area contributed by atoms with Crippen LogP contribution in [0.1, 0.15) is 28.7 Å². The monoisotopic (exact) mass is 253 g/mol. The average Bonchev–Trinajstić information content (AvgIpc) is 2.60. The van der Waals surface area contributed by atoms with Crippen molar-refractivity contribution in [1.82, 2.24) is 0 Å². The van der Waals surface area contributed by atoms with Crippen LogP contribution in [-0.4, -0.2) is 0 Å². The molecule has 2 aromatic rings. The molecule has 0 aliphatic rings. The van der Waals surface area contributed by atoms with Crippen LogP contribution >= 0.6 is 11.6 Å². The first-order valence-electron chi connectivity index (χ1n) is 5.26. The zero-order valence-corrected chi connectivity index (χ0v) is 10.4. The number of hydrogen-bond acceptors (Lipinski definition) is 2. The lowest BCUT2D eigenvalue weighted by Gasteiger charge is -2.12. The molecule has 1 heterocycles. The summed E-state index contributed by atoms with van der Waals surface area (Å²) in [6.45, 7) is 3.64. The van der Waals surface area contributed by atoms with Crippen molar-refractivity contribution < 1.29 is 8.81 Å². The minimum atomic E-state index is -0.564. The van der Waals surface area contributed by atoms with Crippen molar-refractivity contribution in [2.24, 2.45) is 5.73 Å². The summed E-state index contributed by atoms with van der Waals surface area (Å²) in [6, 6.07) is 5.62. The van der Waals surface area contributed by atoms with Gasteiger partial charge in [0.1, 0.15) is 17.3 Å². The maximum atomic E-state index is 13.7. The summed E-state index contributed by atoms with van der Waals surface area (Å²) in [4.78, 5) is 0. The molecule has 1 unspecified atom stereocenters. The Morgan fingerprint density at radius 1 is 1.24 bits per heavy atom. The highest BCUT2D eigenvalue weighted by atomic mass is 35.5. The molecule has 1 aromatic heterocycles. The molecule has 2 N–H and O–H groups in total. The molecule has 2 rings (SSSR count). The highest BCUT2D eigenvalue weighted by Crippen LogP contribution is 2.28. The van der Waals surface area contributed by atoms with Gasteiger partial charge in [0, 0.05) is 16.1 Å². The van der Waals surface area contributed by atoms with Crippen LogP contribution in [0.4, 0.5) is 4.39 Å². The number of rotatable bonds is 2. The van der Waals surface area contributed by atoms with Gasteiger partial charge in [0.2, 0.25) is 0 Å². The third kappa shape index (κ3) is 2.35. The van der Waals surface area contributed by atoms with Crippen LogP contribution in [0.2, 0.25) is 5.02 Å². The maximum Gasteiger partial charge on any atom is 0.128 e. The van der Waals surface area contributed by atoms with Crippen LogP contribution in [0, 0.1) is 19.7 Å². The fraction of sp³-hybridized carbons (Fsp3) is 0.231. The van der Waals surface area contributed by atoms with Gasteiger partial charge in [-0.25, -0.2) is 4.39 Å². The Bertz CT molecular complexity index is 550. The van der Waals surface area contributed by atoms with E-state index >= 15 is 0 Å². The molecule has 17 heavy (non-hydrogen) atoms. The van der Waals surface area contributed by atoms with Crippen LogP contribution in [0.15, 0.2) is 28.7 Å². The van der Waals surface area contributed by atoms with Crippen LogP contribution in [0.5, 0.6) is 0 Å². The molecule has 90 valence electrons. The Kier molecular flexibility index (Phi) is 3.22. The average molecular weight is 254 g/mol. The molecule has 0 aliphatic heterocycles. The molecule has 0 fully saturated rings. The number of benzene rings is 1. The molecule has 2 nitrogen and oxygen atoms in total. The molecular weight excluding hydrogens is 241 g/mol. The summed E-state index contributed by atoms with van der Waals surface area (Å²) >= 11 is 5.85. The van der Waals surface area contributed by atoms with Gasteiger partial charge >= 0.3 is 0 Å². The van der Waals surface area contributed by atoms with Gasteiger partial charge in [-0.15, -0.1) is 0 Å². The normalized spacial score (nSPS) is 12.8. The molecule has 0 saturated heterocycles. The lowest BCUT2D eigenvalue weighted by atomic mass is 9.99. The van der Waals surface area contributed by atoms with Crippen LogP contribution in [0.25, 0.3) is 0 Å². The maximum absolute atomic E-state index is 13.7. The second kappa shape index (κ2) is 4.51. The van der Waals surface area contributed by atoms with Crippen molar-refractivity contribution in [1.29, 1.82) is 0 Å².